The van der Waals surface area contributed by atoms with E-state index in [-0.39, 0.29) is 0 Å². The molecule has 2 fully saturated rings. The Kier molecular flexibility index (Phi) is 3.13. The molecule has 0 amide bonds. The first-order valence-electron chi connectivity index (χ1n) is 6.16. The van der Waals surface area contributed by atoms with Crippen LogP contribution in [0, 0.1) is 11.3 Å². The van der Waals surface area contributed by atoms with E-state index in [1.807, 2.05) is 0 Å². The predicted molar refractivity (Wildman–Crippen MR) is 60.4 cm³/mol. The second-order valence-corrected chi connectivity index (χ2v) is 5.23. The number of nitrogens with one attached hydrogen (secondary N) is 1. The van der Waals surface area contributed by atoms with Gasteiger partial charge >= 0.3 is 0 Å². The lowest BCUT2D eigenvalue weighted by Crippen LogP contribution is -2.50. The minimum Gasteiger partial charge on any atom is -0.317 e. The van der Waals surface area contributed by atoms with Gasteiger partial charge in [-0.2, -0.15) is 0 Å². The van der Waals surface area contributed by atoms with Crippen molar-refractivity contribution in [2.24, 2.45) is 11.3 Å². The fourth-order valence-corrected chi connectivity index (χ4v) is 3.42. The van der Waals surface area contributed by atoms with Gasteiger partial charge < -0.3 is 10.2 Å². The van der Waals surface area contributed by atoms with Crippen molar-refractivity contribution >= 4 is 0 Å². The molecule has 1 atom stereocenters. The lowest BCUT2D eigenvalue weighted by atomic mass is 9.64. The highest BCUT2D eigenvalue weighted by atomic mass is 15.1. The molecule has 0 aromatic carbocycles. The molecule has 14 heavy (non-hydrogen) atoms. The van der Waals surface area contributed by atoms with Crippen molar-refractivity contribution in [3.05, 3.63) is 0 Å². The summed E-state index contributed by atoms with van der Waals surface area (Å²) < 4.78 is 0. The molecular formula is C12H24N2. The van der Waals surface area contributed by atoms with E-state index in [2.05, 4.69) is 24.2 Å². The Balaban J connectivity index is 2.06. The fraction of sp³-hybridized carbons (Fsp3) is 1.00. The molecule has 2 aliphatic heterocycles. The number of hydrogen-bond acceptors (Lipinski definition) is 2. The van der Waals surface area contributed by atoms with E-state index in [1.165, 1.54) is 51.9 Å². The fourth-order valence-electron chi connectivity index (χ4n) is 3.42. The molecule has 2 heterocycles. The van der Waals surface area contributed by atoms with Gasteiger partial charge in [-0.3, -0.25) is 0 Å². The van der Waals surface area contributed by atoms with Crippen LogP contribution in [0.15, 0.2) is 0 Å². The van der Waals surface area contributed by atoms with Crippen LogP contribution in [-0.2, 0) is 0 Å². The minimum atomic E-state index is 0.701. The van der Waals surface area contributed by atoms with Crippen LogP contribution in [-0.4, -0.2) is 38.1 Å². The van der Waals surface area contributed by atoms with E-state index in [0.29, 0.717) is 5.41 Å². The lowest BCUT2D eigenvalue weighted by molar-refractivity contribution is 0.0157. The van der Waals surface area contributed by atoms with E-state index < -0.39 is 0 Å². The SMILES string of the molecule is CCC1CN(C)CCC12CCNCC2. The molecule has 82 valence electrons. The van der Waals surface area contributed by atoms with Crippen molar-refractivity contribution in [3.63, 3.8) is 0 Å². The van der Waals surface area contributed by atoms with Gasteiger partial charge in [0.1, 0.15) is 0 Å². The zero-order valence-corrected chi connectivity index (χ0v) is 9.68. The Morgan fingerprint density at radius 2 is 2.00 bits per heavy atom. The Morgan fingerprint density at radius 3 is 2.64 bits per heavy atom. The van der Waals surface area contributed by atoms with Crippen molar-refractivity contribution in [1.29, 1.82) is 0 Å². The van der Waals surface area contributed by atoms with Crippen molar-refractivity contribution in [3.8, 4) is 0 Å². The highest BCUT2D eigenvalue weighted by Crippen LogP contribution is 2.44. The molecule has 0 radical (unpaired) electrons. The first-order chi connectivity index (χ1) is 6.77. The molecule has 2 aliphatic rings. The molecule has 0 aliphatic carbocycles. The summed E-state index contributed by atoms with van der Waals surface area (Å²) in [6.07, 6.45) is 5.63. The zero-order chi connectivity index (χ0) is 10.0. The molecule has 1 spiro atoms. The molecule has 0 aromatic heterocycles. The summed E-state index contributed by atoms with van der Waals surface area (Å²) in [5, 5.41) is 3.50. The molecule has 0 bridgehead atoms. The Bertz CT molecular complexity index is 185. The van der Waals surface area contributed by atoms with Crippen LogP contribution < -0.4 is 5.32 Å². The molecule has 2 heteroatoms. The van der Waals surface area contributed by atoms with Gasteiger partial charge in [-0.1, -0.05) is 13.3 Å². The summed E-state index contributed by atoms with van der Waals surface area (Å²) in [6, 6.07) is 0. The minimum absolute atomic E-state index is 0.701. The monoisotopic (exact) mass is 196 g/mol. The molecule has 0 saturated carbocycles. The predicted octanol–water partition coefficient (Wildman–Crippen LogP) is 1.72. The average molecular weight is 196 g/mol. The van der Waals surface area contributed by atoms with E-state index in [1.54, 1.807) is 0 Å². The Hall–Kier alpha value is -0.0800. The summed E-state index contributed by atoms with van der Waals surface area (Å²) in [4.78, 5) is 2.52. The van der Waals surface area contributed by atoms with Gasteiger partial charge in [-0.05, 0) is 57.3 Å². The number of nitrogens with zero attached hydrogens (tertiary/aromatic N) is 1. The van der Waals surface area contributed by atoms with Gasteiger partial charge in [0, 0.05) is 6.54 Å². The van der Waals surface area contributed by atoms with E-state index in [9.17, 15) is 0 Å². The Labute approximate surface area is 88.1 Å². The standard InChI is InChI=1S/C12H24N2/c1-3-11-10-14(2)9-6-12(11)4-7-13-8-5-12/h11,13H,3-10H2,1-2H3. The summed E-state index contributed by atoms with van der Waals surface area (Å²) >= 11 is 0. The largest absolute Gasteiger partial charge is 0.317 e. The third kappa shape index (κ3) is 1.82. The van der Waals surface area contributed by atoms with Crippen molar-refractivity contribution in [2.45, 2.75) is 32.6 Å². The average Bonchev–Trinajstić information content (AvgIpc) is 2.23. The zero-order valence-electron chi connectivity index (χ0n) is 9.68. The second-order valence-electron chi connectivity index (χ2n) is 5.23. The molecular weight excluding hydrogens is 172 g/mol. The number of likely N-dealkylation sites (tertiary alicyclic amines) is 1. The maximum absolute atomic E-state index is 3.50. The van der Waals surface area contributed by atoms with Crippen molar-refractivity contribution in [2.75, 3.05) is 33.2 Å². The maximum atomic E-state index is 3.50. The summed E-state index contributed by atoms with van der Waals surface area (Å²) in [6.45, 7) is 7.51. The molecule has 2 nitrogen and oxygen atoms in total. The Morgan fingerprint density at radius 1 is 1.29 bits per heavy atom. The summed E-state index contributed by atoms with van der Waals surface area (Å²) in [5.41, 5.74) is 0.701. The summed E-state index contributed by atoms with van der Waals surface area (Å²) in [5.74, 6) is 0.948. The van der Waals surface area contributed by atoms with Gasteiger partial charge in [-0.25, -0.2) is 0 Å². The van der Waals surface area contributed by atoms with Crippen LogP contribution >= 0.6 is 0 Å². The topological polar surface area (TPSA) is 15.3 Å². The number of rotatable bonds is 1. The van der Waals surface area contributed by atoms with Crippen LogP contribution in [0.4, 0.5) is 0 Å². The molecule has 2 rings (SSSR count). The first kappa shape index (κ1) is 10.4. The second kappa shape index (κ2) is 4.19. The van der Waals surface area contributed by atoms with Gasteiger partial charge in [0.05, 0.1) is 0 Å². The molecule has 2 saturated heterocycles. The van der Waals surface area contributed by atoms with Crippen LogP contribution in [0.1, 0.15) is 32.6 Å². The normalized spacial score (nSPS) is 33.4. The smallest absolute Gasteiger partial charge is 0.00118 e. The van der Waals surface area contributed by atoms with E-state index in [4.69, 9.17) is 0 Å². The van der Waals surface area contributed by atoms with E-state index >= 15 is 0 Å². The van der Waals surface area contributed by atoms with Gasteiger partial charge in [0.25, 0.3) is 0 Å². The first-order valence-corrected chi connectivity index (χ1v) is 6.16. The van der Waals surface area contributed by atoms with Gasteiger partial charge in [0.15, 0.2) is 0 Å². The van der Waals surface area contributed by atoms with Crippen LogP contribution in [0.25, 0.3) is 0 Å². The van der Waals surface area contributed by atoms with Crippen molar-refractivity contribution < 1.29 is 0 Å². The van der Waals surface area contributed by atoms with Crippen LogP contribution in [0.2, 0.25) is 0 Å². The summed E-state index contributed by atoms with van der Waals surface area (Å²) in [7, 11) is 2.27. The van der Waals surface area contributed by atoms with E-state index in [0.717, 1.165) is 5.92 Å². The molecule has 1 unspecified atom stereocenters. The molecule has 0 aromatic rings. The number of hydrogen-bond donors (Lipinski definition) is 1. The highest BCUT2D eigenvalue weighted by Gasteiger charge is 2.41. The molecule has 1 N–H and O–H groups in total. The van der Waals surface area contributed by atoms with Crippen molar-refractivity contribution in [1.82, 2.24) is 10.2 Å². The number of piperidine rings is 2. The van der Waals surface area contributed by atoms with Gasteiger partial charge in [-0.15, -0.1) is 0 Å². The third-order valence-electron chi connectivity index (χ3n) is 4.48. The third-order valence-corrected chi connectivity index (χ3v) is 4.48. The maximum Gasteiger partial charge on any atom is 0.00118 e. The van der Waals surface area contributed by atoms with Crippen LogP contribution in [0.3, 0.4) is 0 Å². The highest BCUT2D eigenvalue weighted by molar-refractivity contribution is 4.94. The lowest BCUT2D eigenvalue weighted by Gasteiger charge is -2.49. The van der Waals surface area contributed by atoms with Crippen LogP contribution in [0.5, 0.6) is 0 Å². The van der Waals surface area contributed by atoms with Gasteiger partial charge in [0.2, 0.25) is 0 Å². The quantitative estimate of drug-likeness (QED) is 0.687.